The second kappa shape index (κ2) is 9.34. The number of carbonyl (C=O) groups is 3. The highest BCUT2D eigenvalue weighted by Crippen LogP contribution is 2.34. The SMILES string of the molecule is CN(C(=O)CCCCC(=O)O)c1c(I)cc(I)c(C(=O)O)c1I. The number of carbonyl (C=O) groups excluding carboxylic acids is 1. The number of anilines is 1. The summed E-state index contributed by atoms with van der Waals surface area (Å²) in [7, 11) is 1.61. The third-order valence-corrected chi connectivity index (χ3v) is 5.82. The van der Waals surface area contributed by atoms with E-state index in [1.807, 2.05) is 45.2 Å². The van der Waals surface area contributed by atoms with Crippen molar-refractivity contribution in [2.75, 3.05) is 11.9 Å². The minimum Gasteiger partial charge on any atom is -0.481 e. The second-order valence-electron chi connectivity index (χ2n) is 4.74. The van der Waals surface area contributed by atoms with Crippen molar-refractivity contribution in [2.24, 2.45) is 0 Å². The fraction of sp³-hybridized carbons (Fsp3) is 0.357. The maximum absolute atomic E-state index is 12.3. The number of rotatable bonds is 7. The first-order valence-electron chi connectivity index (χ1n) is 6.56. The summed E-state index contributed by atoms with van der Waals surface area (Å²) in [4.78, 5) is 35.6. The molecule has 0 saturated carbocycles. The van der Waals surface area contributed by atoms with Gasteiger partial charge in [-0.25, -0.2) is 4.79 Å². The van der Waals surface area contributed by atoms with Crippen LogP contribution in [0.3, 0.4) is 0 Å². The van der Waals surface area contributed by atoms with E-state index in [2.05, 4.69) is 22.6 Å². The zero-order valence-corrected chi connectivity index (χ0v) is 18.6. The van der Waals surface area contributed by atoms with Gasteiger partial charge in [-0.2, -0.15) is 0 Å². The van der Waals surface area contributed by atoms with Gasteiger partial charge in [-0.3, -0.25) is 9.59 Å². The van der Waals surface area contributed by atoms with Crippen molar-refractivity contribution in [3.8, 4) is 0 Å². The Labute approximate surface area is 174 Å². The van der Waals surface area contributed by atoms with Crippen molar-refractivity contribution < 1.29 is 24.6 Å². The van der Waals surface area contributed by atoms with Crippen LogP contribution >= 0.6 is 67.8 Å². The number of carboxylic acids is 2. The summed E-state index contributed by atoms with van der Waals surface area (Å²) >= 11 is 6.00. The molecule has 1 aromatic carbocycles. The first-order valence-corrected chi connectivity index (χ1v) is 9.79. The van der Waals surface area contributed by atoms with Crippen molar-refractivity contribution in [2.45, 2.75) is 25.7 Å². The molecule has 23 heavy (non-hydrogen) atoms. The van der Waals surface area contributed by atoms with Crippen LogP contribution in [0.4, 0.5) is 5.69 Å². The highest BCUT2D eigenvalue weighted by Gasteiger charge is 2.23. The van der Waals surface area contributed by atoms with Crippen LogP contribution in [0.1, 0.15) is 36.0 Å². The number of hydrogen-bond acceptors (Lipinski definition) is 3. The molecular weight excluding hydrogens is 643 g/mol. The molecule has 9 heteroatoms. The molecule has 0 unspecified atom stereocenters. The monoisotopic (exact) mass is 657 g/mol. The molecule has 6 nitrogen and oxygen atoms in total. The van der Waals surface area contributed by atoms with Gasteiger partial charge in [-0.1, -0.05) is 0 Å². The minimum atomic E-state index is -1.03. The number of hydrogen-bond donors (Lipinski definition) is 2. The molecule has 1 rings (SSSR count). The molecule has 0 aliphatic heterocycles. The smallest absolute Gasteiger partial charge is 0.337 e. The van der Waals surface area contributed by atoms with Gasteiger partial charge in [-0.05, 0) is 86.7 Å². The van der Waals surface area contributed by atoms with Gasteiger partial charge in [0.05, 0.1) is 14.8 Å². The standard InChI is InChI=1S/C14H14I3NO5/c1-18(9(19)4-2-3-5-10(20)21)13-8(16)6-7(15)11(12(13)17)14(22)23/h6H,2-5H2,1H3,(H,20,21)(H,22,23). The number of carboxylic acid groups (broad SMARTS) is 2. The van der Waals surface area contributed by atoms with Gasteiger partial charge in [0.25, 0.3) is 0 Å². The van der Waals surface area contributed by atoms with Gasteiger partial charge in [0.2, 0.25) is 5.91 Å². The largest absolute Gasteiger partial charge is 0.481 e. The summed E-state index contributed by atoms with van der Waals surface area (Å²) in [6.07, 6.45) is 1.19. The Hall–Kier alpha value is -0.180. The summed E-state index contributed by atoms with van der Waals surface area (Å²) in [5.74, 6) is -2.07. The van der Waals surface area contributed by atoms with Crippen molar-refractivity contribution in [1.82, 2.24) is 0 Å². The zero-order chi connectivity index (χ0) is 17.7. The lowest BCUT2D eigenvalue weighted by molar-refractivity contribution is -0.137. The Morgan fingerprint density at radius 3 is 2.13 bits per heavy atom. The van der Waals surface area contributed by atoms with E-state index in [0.29, 0.717) is 25.7 Å². The Bertz CT molecular complexity index is 648. The number of benzene rings is 1. The van der Waals surface area contributed by atoms with Crippen LogP contribution in [-0.4, -0.2) is 35.1 Å². The number of halogens is 3. The minimum absolute atomic E-state index is 0.0404. The average molecular weight is 657 g/mol. The molecule has 0 aromatic heterocycles. The fourth-order valence-corrected chi connectivity index (χ4v) is 6.48. The Balaban J connectivity index is 2.97. The molecule has 0 aliphatic rings. The molecule has 0 saturated heterocycles. The van der Waals surface area contributed by atoms with Gasteiger partial charge < -0.3 is 15.1 Å². The normalized spacial score (nSPS) is 10.4. The lowest BCUT2D eigenvalue weighted by Gasteiger charge is -2.22. The zero-order valence-electron chi connectivity index (χ0n) is 12.1. The maximum Gasteiger partial charge on any atom is 0.337 e. The van der Waals surface area contributed by atoms with E-state index in [9.17, 15) is 19.5 Å². The van der Waals surface area contributed by atoms with Crippen molar-refractivity contribution in [3.63, 3.8) is 0 Å². The summed E-state index contributed by atoms with van der Waals surface area (Å²) in [5, 5.41) is 17.9. The third kappa shape index (κ3) is 5.69. The number of amides is 1. The molecule has 1 amide bonds. The third-order valence-electron chi connectivity index (χ3n) is 3.10. The second-order valence-corrected chi connectivity index (χ2v) is 8.14. The van der Waals surface area contributed by atoms with Gasteiger partial charge in [0, 0.05) is 27.0 Å². The van der Waals surface area contributed by atoms with Crippen LogP contribution in [0.5, 0.6) is 0 Å². The number of nitrogens with zero attached hydrogens (tertiary/aromatic N) is 1. The van der Waals surface area contributed by atoms with E-state index in [1.165, 1.54) is 4.90 Å². The van der Waals surface area contributed by atoms with Crippen LogP contribution in [0.25, 0.3) is 0 Å². The molecule has 0 radical (unpaired) electrons. The topological polar surface area (TPSA) is 94.9 Å². The Morgan fingerprint density at radius 1 is 1.04 bits per heavy atom. The van der Waals surface area contributed by atoms with Crippen molar-refractivity contribution in [1.29, 1.82) is 0 Å². The molecule has 0 spiro atoms. The lowest BCUT2D eigenvalue weighted by Crippen LogP contribution is -2.28. The molecule has 0 atom stereocenters. The van der Waals surface area contributed by atoms with Crippen LogP contribution in [0.15, 0.2) is 6.07 Å². The maximum atomic E-state index is 12.3. The van der Waals surface area contributed by atoms with Crippen LogP contribution in [0, 0.1) is 10.7 Å². The molecule has 0 heterocycles. The lowest BCUT2D eigenvalue weighted by atomic mass is 10.1. The summed E-state index contributed by atoms with van der Waals surface area (Å²) in [5.41, 5.74) is 0.763. The Morgan fingerprint density at radius 2 is 1.61 bits per heavy atom. The van der Waals surface area contributed by atoms with E-state index < -0.39 is 11.9 Å². The van der Waals surface area contributed by atoms with Crippen LogP contribution in [-0.2, 0) is 9.59 Å². The van der Waals surface area contributed by atoms with Crippen molar-refractivity contribution >= 4 is 91.3 Å². The van der Waals surface area contributed by atoms with Crippen molar-refractivity contribution in [3.05, 3.63) is 22.3 Å². The molecule has 0 bridgehead atoms. The molecule has 0 aliphatic carbocycles. The fourth-order valence-electron chi connectivity index (χ4n) is 1.93. The highest BCUT2D eigenvalue weighted by atomic mass is 127. The van der Waals surface area contributed by atoms with E-state index in [1.54, 1.807) is 13.1 Å². The molecule has 126 valence electrons. The van der Waals surface area contributed by atoms with Crippen LogP contribution in [0.2, 0.25) is 0 Å². The van der Waals surface area contributed by atoms with E-state index in [4.69, 9.17) is 5.11 Å². The summed E-state index contributed by atoms with van der Waals surface area (Å²) < 4.78 is 1.94. The van der Waals surface area contributed by atoms with Gasteiger partial charge in [-0.15, -0.1) is 0 Å². The molecule has 1 aromatic rings. The van der Waals surface area contributed by atoms with E-state index >= 15 is 0 Å². The molecular formula is C14H14I3NO5. The first-order chi connectivity index (χ1) is 10.7. The average Bonchev–Trinajstić information content (AvgIpc) is 2.41. The van der Waals surface area contributed by atoms with Gasteiger partial charge >= 0.3 is 11.9 Å². The quantitative estimate of drug-likeness (QED) is 0.344. The predicted molar refractivity (Wildman–Crippen MR) is 111 cm³/mol. The Kier molecular flexibility index (Phi) is 8.47. The van der Waals surface area contributed by atoms with E-state index in [0.717, 1.165) is 3.57 Å². The predicted octanol–water partition coefficient (Wildman–Crippen LogP) is 3.81. The number of aromatic carboxylic acids is 1. The van der Waals surface area contributed by atoms with Crippen LogP contribution < -0.4 is 4.90 Å². The molecule has 0 fully saturated rings. The number of unbranched alkanes of at least 4 members (excludes halogenated alkanes) is 1. The van der Waals surface area contributed by atoms with Gasteiger partial charge in [0.15, 0.2) is 0 Å². The first kappa shape index (κ1) is 20.9. The summed E-state index contributed by atoms with van der Waals surface area (Å²) in [6, 6.07) is 1.73. The highest BCUT2D eigenvalue weighted by molar-refractivity contribution is 14.1. The summed E-state index contributed by atoms with van der Waals surface area (Å²) in [6.45, 7) is 0. The van der Waals surface area contributed by atoms with Gasteiger partial charge in [0.1, 0.15) is 0 Å². The van der Waals surface area contributed by atoms with E-state index in [-0.39, 0.29) is 24.3 Å². The molecule has 2 N–H and O–H groups in total. The number of aliphatic carboxylic acids is 1.